The Morgan fingerprint density at radius 1 is 1.12 bits per heavy atom. The molecule has 0 radical (unpaired) electrons. The molecular weight excluding hydrogens is 200 g/mol. The Morgan fingerprint density at radius 3 is 2.50 bits per heavy atom. The van der Waals surface area contributed by atoms with E-state index < -0.39 is 0 Å². The van der Waals surface area contributed by atoms with Crippen LogP contribution in [0.15, 0.2) is 46.3 Å². The first-order chi connectivity index (χ1) is 7.65. The van der Waals surface area contributed by atoms with Crippen molar-refractivity contribution in [2.45, 2.75) is 20.3 Å². The third-order valence-electron chi connectivity index (χ3n) is 2.64. The van der Waals surface area contributed by atoms with Gasteiger partial charge in [-0.25, -0.2) is 0 Å². The lowest BCUT2D eigenvalue weighted by atomic mass is 9.96. The third-order valence-corrected chi connectivity index (χ3v) is 2.64. The summed E-state index contributed by atoms with van der Waals surface area (Å²) in [7, 11) is 0. The monoisotopic (exact) mass is 214 g/mol. The van der Waals surface area contributed by atoms with Crippen LogP contribution in [-0.4, -0.2) is 5.91 Å². The summed E-state index contributed by atoms with van der Waals surface area (Å²) < 4.78 is 0. The number of hydrogen-bond acceptors (Lipinski definition) is 2. The highest BCUT2D eigenvalue weighted by Gasteiger charge is 2.19. The molecule has 1 amide bonds. The van der Waals surface area contributed by atoms with Gasteiger partial charge in [0.15, 0.2) is 0 Å². The van der Waals surface area contributed by atoms with Crippen LogP contribution in [0.3, 0.4) is 0 Å². The molecule has 0 saturated carbocycles. The molecule has 1 aliphatic rings. The van der Waals surface area contributed by atoms with Crippen LogP contribution < -0.4 is 0 Å². The average molecular weight is 214 g/mol. The Hall–Kier alpha value is -1.77. The van der Waals surface area contributed by atoms with Crippen molar-refractivity contribution in [1.82, 2.24) is 0 Å². The van der Waals surface area contributed by atoms with E-state index in [4.69, 9.17) is 0 Å². The second-order valence-corrected chi connectivity index (χ2v) is 4.14. The molecule has 0 fully saturated rings. The van der Waals surface area contributed by atoms with Gasteiger partial charge < -0.3 is 0 Å². The summed E-state index contributed by atoms with van der Waals surface area (Å²) in [6, 6.07) is 8.22. The van der Waals surface area contributed by atoms with E-state index in [0.29, 0.717) is 6.42 Å². The molecule has 1 aliphatic heterocycles. The maximum atomic E-state index is 11.5. The Morgan fingerprint density at radius 2 is 1.81 bits per heavy atom. The molecule has 3 heteroatoms. The molecule has 1 heterocycles. The maximum Gasteiger partial charge on any atom is 0.271 e. The van der Waals surface area contributed by atoms with E-state index in [9.17, 15) is 4.79 Å². The van der Waals surface area contributed by atoms with Crippen molar-refractivity contribution in [3.63, 3.8) is 0 Å². The van der Waals surface area contributed by atoms with Crippen molar-refractivity contribution in [3.8, 4) is 0 Å². The zero-order chi connectivity index (χ0) is 11.5. The highest BCUT2D eigenvalue weighted by Crippen LogP contribution is 2.19. The molecule has 1 aromatic rings. The first-order valence-corrected chi connectivity index (χ1v) is 5.35. The number of aryl methyl sites for hydroxylation is 1. The van der Waals surface area contributed by atoms with Crippen molar-refractivity contribution in [2.75, 3.05) is 0 Å². The van der Waals surface area contributed by atoms with Crippen molar-refractivity contribution in [2.24, 2.45) is 16.1 Å². The molecular formula is C13H14N2O. The minimum atomic E-state index is -0.153. The van der Waals surface area contributed by atoms with Gasteiger partial charge in [-0.05, 0) is 31.9 Å². The maximum absolute atomic E-state index is 11.5. The van der Waals surface area contributed by atoms with Crippen molar-refractivity contribution < 1.29 is 4.79 Å². The molecule has 1 aromatic carbocycles. The molecule has 1 unspecified atom stereocenters. The topological polar surface area (TPSA) is 41.8 Å². The first kappa shape index (κ1) is 10.7. The SMILES string of the molecule is CC1=CC(Cc2ccc(C)cc2)C(=O)N=N1. The minimum Gasteiger partial charge on any atom is -0.270 e. The van der Waals surface area contributed by atoms with Crippen LogP contribution in [0.1, 0.15) is 18.1 Å². The third kappa shape index (κ3) is 2.42. The Balaban J connectivity index is 2.13. The molecule has 1 atom stereocenters. The molecule has 16 heavy (non-hydrogen) atoms. The fourth-order valence-electron chi connectivity index (χ4n) is 1.72. The van der Waals surface area contributed by atoms with Gasteiger partial charge in [0.1, 0.15) is 0 Å². The van der Waals surface area contributed by atoms with E-state index in [2.05, 4.69) is 34.5 Å². The van der Waals surface area contributed by atoms with E-state index >= 15 is 0 Å². The van der Waals surface area contributed by atoms with E-state index in [1.807, 2.05) is 19.9 Å². The van der Waals surface area contributed by atoms with Gasteiger partial charge in [-0.15, -0.1) is 5.11 Å². The fourth-order valence-corrected chi connectivity index (χ4v) is 1.72. The van der Waals surface area contributed by atoms with Crippen molar-refractivity contribution >= 4 is 5.91 Å². The molecule has 82 valence electrons. The number of carbonyl (C=O) groups excluding carboxylic acids is 1. The summed E-state index contributed by atoms with van der Waals surface area (Å²) in [5.41, 5.74) is 3.20. The summed E-state index contributed by atoms with van der Waals surface area (Å²) in [5, 5.41) is 7.38. The molecule has 0 bridgehead atoms. The molecule has 2 rings (SSSR count). The number of benzene rings is 1. The lowest BCUT2D eigenvalue weighted by molar-refractivity contribution is -0.121. The Kier molecular flexibility index (Phi) is 2.95. The van der Waals surface area contributed by atoms with Gasteiger partial charge in [0, 0.05) is 0 Å². The van der Waals surface area contributed by atoms with Gasteiger partial charge in [0.25, 0.3) is 5.91 Å². The van der Waals surface area contributed by atoms with E-state index in [0.717, 1.165) is 11.3 Å². The standard InChI is InChI=1S/C13H14N2O/c1-9-3-5-11(6-4-9)8-12-7-10(2)14-15-13(12)16/h3-7,12H,8H2,1-2H3. The number of amides is 1. The number of allylic oxidation sites excluding steroid dienone is 1. The van der Waals surface area contributed by atoms with Crippen LogP contribution in [-0.2, 0) is 11.2 Å². The normalized spacial score (nSPS) is 19.8. The van der Waals surface area contributed by atoms with Crippen LogP contribution in [0.4, 0.5) is 0 Å². The molecule has 0 saturated heterocycles. The zero-order valence-corrected chi connectivity index (χ0v) is 9.47. The number of nitrogens with zero attached hydrogens (tertiary/aromatic N) is 2. The predicted octanol–water partition coefficient (Wildman–Crippen LogP) is 3.05. The van der Waals surface area contributed by atoms with Crippen LogP contribution in [0.5, 0.6) is 0 Å². The second-order valence-electron chi connectivity index (χ2n) is 4.14. The fraction of sp³-hybridized carbons (Fsp3) is 0.308. The summed E-state index contributed by atoms with van der Waals surface area (Å²) in [6.45, 7) is 3.91. The molecule has 0 aliphatic carbocycles. The van der Waals surface area contributed by atoms with Gasteiger partial charge in [-0.2, -0.15) is 5.11 Å². The molecule has 0 spiro atoms. The van der Waals surface area contributed by atoms with E-state index in [1.165, 1.54) is 5.56 Å². The lowest BCUT2D eigenvalue weighted by Gasteiger charge is -2.12. The summed E-state index contributed by atoms with van der Waals surface area (Å²) >= 11 is 0. The lowest BCUT2D eigenvalue weighted by Crippen LogP contribution is -2.15. The highest BCUT2D eigenvalue weighted by atomic mass is 16.1. The predicted molar refractivity (Wildman–Crippen MR) is 62.0 cm³/mol. The molecule has 3 nitrogen and oxygen atoms in total. The number of carbonyl (C=O) groups is 1. The van der Waals surface area contributed by atoms with Crippen LogP contribution in [0.2, 0.25) is 0 Å². The first-order valence-electron chi connectivity index (χ1n) is 5.35. The smallest absolute Gasteiger partial charge is 0.270 e. The second kappa shape index (κ2) is 4.39. The van der Waals surface area contributed by atoms with Gasteiger partial charge in [-0.1, -0.05) is 29.8 Å². The quantitative estimate of drug-likeness (QED) is 0.746. The minimum absolute atomic E-state index is 0.147. The number of azo groups is 1. The van der Waals surface area contributed by atoms with Crippen LogP contribution >= 0.6 is 0 Å². The molecule has 0 N–H and O–H groups in total. The average Bonchev–Trinajstić information content (AvgIpc) is 2.27. The van der Waals surface area contributed by atoms with Crippen molar-refractivity contribution in [1.29, 1.82) is 0 Å². The molecule has 0 aromatic heterocycles. The van der Waals surface area contributed by atoms with E-state index in [-0.39, 0.29) is 11.8 Å². The van der Waals surface area contributed by atoms with Gasteiger partial charge in [0.2, 0.25) is 0 Å². The highest BCUT2D eigenvalue weighted by molar-refractivity contribution is 5.82. The van der Waals surface area contributed by atoms with Gasteiger partial charge in [0.05, 0.1) is 11.6 Å². The summed E-state index contributed by atoms with van der Waals surface area (Å²) in [5.74, 6) is -0.300. The summed E-state index contributed by atoms with van der Waals surface area (Å²) in [6.07, 6.45) is 2.59. The Bertz CT molecular complexity index is 457. The zero-order valence-electron chi connectivity index (χ0n) is 9.47. The number of rotatable bonds is 2. The van der Waals surface area contributed by atoms with Gasteiger partial charge in [-0.3, -0.25) is 4.79 Å². The van der Waals surface area contributed by atoms with Gasteiger partial charge >= 0.3 is 0 Å². The number of hydrogen-bond donors (Lipinski definition) is 0. The Labute approximate surface area is 94.9 Å². The van der Waals surface area contributed by atoms with E-state index in [1.54, 1.807) is 0 Å². The summed E-state index contributed by atoms with van der Waals surface area (Å²) in [4.78, 5) is 11.5. The largest absolute Gasteiger partial charge is 0.271 e. The van der Waals surface area contributed by atoms with Crippen molar-refractivity contribution in [3.05, 3.63) is 47.2 Å². The van der Waals surface area contributed by atoms with Crippen LogP contribution in [0, 0.1) is 12.8 Å². The van der Waals surface area contributed by atoms with Crippen LogP contribution in [0.25, 0.3) is 0 Å².